The number of rotatable bonds is 3. The Morgan fingerprint density at radius 1 is 1.71 bits per heavy atom. The number of nitrogens with two attached hydrogens (primary N) is 1. The highest BCUT2D eigenvalue weighted by Crippen LogP contribution is 1.90. The summed E-state index contributed by atoms with van der Waals surface area (Å²) in [6.07, 6.45) is 2.30. The van der Waals surface area contributed by atoms with Gasteiger partial charge in [0.15, 0.2) is 0 Å². The molecule has 2 heteroatoms. The van der Waals surface area contributed by atoms with Gasteiger partial charge in [-0.3, -0.25) is 0 Å². The van der Waals surface area contributed by atoms with E-state index < -0.39 is 0 Å². The molecule has 1 unspecified atom stereocenters. The predicted molar refractivity (Wildman–Crippen MR) is 36.1 cm³/mol. The second kappa shape index (κ2) is 4.19. The van der Waals surface area contributed by atoms with Crippen LogP contribution in [0.4, 0.5) is 0 Å². The molecule has 0 heterocycles. The Bertz CT molecular complexity index is 39.1. The summed E-state index contributed by atoms with van der Waals surface area (Å²) in [4.78, 5) is 0. The third-order valence-corrected chi connectivity index (χ3v) is 1.18. The van der Waals surface area contributed by atoms with E-state index in [1.165, 1.54) is 13.6 Å². The summed E-state index contributed by atoms with van der Waals surface area (Å²) in [5.41, 5.74) is 5.58. The molecule has 42 valence electrons. The highest BCUT2D eigenvalue weighted by atomic mass is 14.6. The van der Waals surface area contributed by atoms with Crippen molar-refractivity contribution < 1.29 is 0 Å². The summed E-state index contributed by atoms with van der Waals surface area (Å²) in [5, 5.41) is 0. The minimum atomic E-state index is 0.449. The van der Waals surface area contributed by atoms with Crippen molar-refractivity contribution >= 4 is 7.28 Å². The Morgan fingerprint density at radius 2 is 2.29 bits per heavy atom. The third-order valence-electron chi connectivity index (χ3n) is 1.18. The van der Waals surface area contributed by atoms with Crippen LogP contribution in [0, 0.1) is 0 Å². The van der Waals surface area contributed by atoms with Crippen LogP contribution >= 0.6 is 0 Å². The largest absolute Gasteiger partial charge is 0.328 e. The van der Waals surface area contributed by atoms with Gasteiger partial charge >= 0.3 is 0 Å². The van der Waals surface area contributed by atoms with Gasteiger partial charge < -0.3 is 5.73 Å². The molecule has 0 saturated carbocycles. The lowest BCUT2D eigenvalue weighted by Crippen LogP contribution is -2.18. The highest BCUT2D eigenvalue weighted by molar-refractivity contribution is 6.33. The van der Waals surface area contributed by atoms with Gasteiger partial charge in [0, 0.05) is 0 Å². The van der Waals surface area contributed by atoms with Gasteiger partial charge in [-0.05, 0) is 12.5 Å². The van der Waals surface area contributed by atoms with Gasteiger partial charge in [-0.1, -0.05) is 20.1 Å². The van der Waals surface area contributed by atoms with Crippen LogP contribution in [-0.4, -0.2) is 13.3 Å². The summed E-state index contributed by atoms with van der Waals surface area (Å²) in [7, 11) is 1.22. The molecule has 0 amide bonds. The molecule has 0 aromatic rings. The number of hydrogen-bond donors (Lipinski definition) is 1. The summed E-state index contributed by atoms with van der Waals surface area (Å²) in [5.74, 6) is 0. The first-order valence-electron chi connectivity index (χ1n) is 3.06. The fourth-order valence-electron chi connectivity index (χ4n) is 0.575. The minimum Gasteiger partial charge on any atom is -0.328 e. The van der Waals surface area contributed by atoms with E-state index in [9.17, 15) is 0 Å². The molecule has 0 radical (unpaired) electrons. The zero-order chi connectivity index (χ0) is 5.70. The Morgan fingerprint density at radius 3 is 2.43 bits per heavy atom. The first-order valence-corrected chi connectivity index (χ1v) is 3.06. The summed E-state index contributed by atoms with van der Waals surface area (Å²) >= 11 is 0. The Balaban J connectivity index is 2.83. The van der Waals surface area contributed by atoms with Crippen LogP contribution in [0.15, 0.2) is 0 Å². The van der Waals surface area contributed by atoms with Crippen LogP contribution in [0.5, 0.6) is 0 Å². The van der Waals surface area contributed by atoms with E-state index >= 15 is 0 Å². The van der Waals surface area contributed by atoms with Crippen molar-refractivity contribution in [2.45, 2.75) is 32.5 Å². The third kappa shape index (κ3) is 3.87. The van der Waals surface area contributed by atoms with Gasteiger partial charge in [-0.15, -0.1) is 0 Å². The normalized spacial score (nSPS) is 13.6. The molecule has 0 spiro atoms. The fourth-order valence-corrected chi connectivity index (χ4v) is 0.575. The van der Waals surface area contributed by atoms with Gasteiger partial charge in [0.25, 0.3) is 0 Å². The molecule has 0 aromatic heterocycles. The Labute approximate surface area is 46.5 Å². The average molecular weight is 99.0 g/mol. The van der Waals surface area contributed by atoms with Crippen molar-refractivity contribution in [1.29, 1.82) is 0 Å². The lowest BCUT2D eigenvalue weighted by Gasteiger charge is -2.02. The molecule has 0 aliphatic heterocycles. The summed E-state index contributed by atoms with van der Waals surface area (Å²) < 4.78 is 0. The van der Waals surface area contributed by atoms with Gasteiger partial charge in [0.05, 0.1) is 0 Å². The van der Waals surface area contributed by atoms with Crippen LogP contribution in [0.25, 0.3) is 0 Å². The van der Waals surface area contributed by atoms with E-state index in [-0.39, 0.29) is 0 Å². The highest BCUT2D eigenvalue weighted by Gasteiger charge is 1.93. The van der Waals surface area contributed by atoms with Gasteiger partial charge in [0.2, 0.25) is 0 Å². The average Bonchev–Trinajstić information content (AvgIpc) is 1.68. The first kappa shape index (κ1) is 7.02. The van der Waals surface area contributed by atoms with E-state index in [4.69, 9.17) is 5.73 Å². The fraction of sp³-hybridized carbons (Fsp3) is 1.00. The number of hydrogen-bond acceptors (Lipinski definition) is 1. The molecule has 2 N–H and O–H groups in total. The van der Waals surface area contributed by atoms with Crippen molar-refractivity contribution in [3.8, 4) is 0 Å². The quantitative estimate of drug-likeness (QED) is 0.516. The zero-order valence-corrected chi connectivity index (χ0v) is 5.28. The molecule has 1 atom stereocenters. The molecule has 0 aliphatic rings. The Kier molecular flexibility index (Phi) is 4.21. The second-order valence-electron chi connectivity index (χ2n) is 1.96. The molecule has 0 aliphatic carbocycles. The van der Waals surface area contributed by atoms with Gasteiger partial charge in [-0.2, -0.15) is 0 Å². The molecular formula is C5H14BN. The molecule has 0 bridgehead atoms. The topological polar surface area (TPSA) is 26.0 Å². The maximum atomic E-state index is 5.58. The van der Waals surface area contributed by atoms with Crippen LogP contribution in [0.2, 0.25) is 13.1 Å². The van der Waals surface area contributed by atoms with Crippen molar-refractivity contribution in [2.75, 3.05) is 0 Å². The summed E-state index contributed by atoms with van der Waals surface area (Å²) in [6.45, 7) is 4.29. The minimum absolute atomic E-state index is 0.449. The smallest absolute Gasteiger partial charge is 0.119 e. The SMILES string of the molecule is CBCC(N)CC. The molecule has 7 heavy (non-hydrogen) atoms. The van der Waals surface area contributed by atoms with Crippen LogP contribution in [0.1, 0.15) is 13.3 Å². The lowest BCUT2D eigenvalue weighted by molar-refractivity contribution is 0.711. The van der Waals surface area contributed by atoms with Crippen LogP contribution < -0.4 is 5.73 Å². The van der Waals surface area contributed by atoms with Crippen molar-refractivity contribution in [3.05, 3.63) is 0 Å². The van der Waals surface area contributed by atoms with E-state index in [0.29, 0.717) is 6.04 Å². The molecule has 1 nitrogen and oxygen atoms in total. The lowest BCUT2D eigenvalue weighted by atomic mass is 9.74. The predicted octanol–water partition coefficient (Wildman–Crippen LogP) is 0.627. The molecule has 0 saturated heterocycles. The molecular weight excluding hydrogens is 84.9 g/mol. The van der Waals surface area contributed by atoms with Gasteiger partial charge in [0.1, 0.15) is 7.28 Å². The zero-order valence-electron chi connectivity index (χ0n) is 5.28. The van der Waals surface area contributed by atoms with E-state index in [1.807, 2.05) is 0 Å². The van der Waals surface area contributed by atoms with Crippen LogP contribution in [-0.2, 0) is 0 Å². The van der Waals surface area contributed by atoms with Crippen molar-refractivity contribution in [2.24, 2.45) is 5.73 Å². The monoisotopic (exact) mass is 99.1 g/mol. The van der Waals surface area contributed by atoms with Crippen molar-refractivity contribution in [3.63, 3.8) is 0 Å². The maximum absolute atomic E-state index is 5.58. The van der Waals surface area contributed by atoms with Gasteiger partial charge in [-0.25, -0.2) is 0 Å². The molecule has 0 fully saturated rings. The van der Waals surface area contributed by atoms with E-state index in [1.54, 1.807) is 0 Å². The second-order valence-corrected chi connectivity index (χ2v) is 1.96. The molecule has 0 rings (SSSR count). The van der Waals surface area contributed by atoms with E-state index in [0.717, 1.165) is 6.42 Å². The van der Waals surface area contributed by atoms with E-state index in [2.05, 4.69) is 13.7 Å². The van der Waals surface area contributed by atoms with Crippen molar-refractivity contribution in [1.82, 2.24) is 0 Å². The summed E-state index contributed by atoms with van der Waals surface area (Å²) in [6, 6.07) is 0.449. The molecule has 0 aromatic carbocycles. The maximum Gasteiger partial charge on any atom is 0.119 e. The first-order chi connectivity index (χ1) is 3.31. The Hall–Kier alpha value is 0.0249. The van der Waals surface area contributed by atoms with Crippen LogP contribution in [0.3, 0.4) is 0 Å². The standard InChI is InChI=1S/C5H14BN/c1-3-5(7)4-6-2/h5-6H,3-4,7H2,1-2H3.